The van der Waals surface area contributed by atoms with E-state index in [0.717, 1.165) is 96.3 Å². The van der Waals surface area contributed by atoms with E-state index in [0.29, 0.717) is 19.3 Å². The summed E-state index contributed by atoms with van der Waals surface area (Å²) in [5.41, 5.74) is 0. The second kappa shape index (κ2) is 65.6. The molecule has 0 amide bonds. The fraction of sp³-hybridized carbons (Fsp3) is 0.817. The zero-order valence-electron chi connectivity index (χ0n) is 51.5. The zero-order chi connectivity index (χ0) is 55.7. The minimum Gasteiger partial charge on any atom is -0.462 e. The van der Waals surface area contributed by atoms with E-state index in [1.54, 1.807) is 0 Å². The molecule has 448 valence electrons. The molecule has 0 N–H and O–H groups in total. The molecule has 0 aromatic rings. The topological polar surface area (TPSA) is 78.9 Å². The lowest BCUT2D eigenvalue weighted by Crippen LogP contribution is -2.30. The first-order valence-electron chi connectivity index (χ1n) is 33.8. The van der Waals surface area contributed by atoms with Crippen LogP contribution in [0, 0.1) is 0 Å². The van der Waals surface area contributed by atoms with Crippen molar-refractivity contribution >= 4 is 17.9 Å². The third-order valence-corrected chi connectivity index (χ3v) is 14.9. The molecule has 0 spiro atoms. The number of rotatable bonds is 62. The van der Waals surface area contributed by atoms with Crippen LogP contribution < -0.4 is 0 Å². The molecule has 6 nitrogen and oxygen atoms in total. The Bertz CT molecular complexity index is 1380. The van der Waals surface area contributed by atoms with Gasteiger partial charge in [0.1, 0.15) is 13.2 Å². The van der Waals surface area contributed by atoms with Crippen molar-refractivity contribution in [2.24, 2.45) is 0 Å². The van der Waals surface area contributed by atoms with Gasteiger partial charge < -0.3 is 14.2 Å². The van der Waals surface area contributed by atoms with Gasteiger partial charge >= 0.3 is 17.9 Å². The third-order valence-electron chi connectivity index (χ3n) is 14.9. The molecule has 0 saturated heterocycles. The van der Waals surface area contributed by atoms with Crippen LogP contribution >= 0.6 is 0 Å². The molecule has 0 aliphatic carbocycles. The first kappa shape index (κ1) is 74.1. The standard InChI is InChI=1S/C71H128O6/c1-4-7-10-13-16-19-22-25-27-29-30-31-32-33-34-35-36-37-38-39-40-42-43-46-49-52-55-58-61-64-70(73)76-67-68(66-75-69(72)63-60-57-54-51-48-45-24-21-18-15-12-9-6-3)77-71(74)65-62-59-56-53-50-47-44-41-28-26-23-20-17-14-11-8-5-2/h12,15,17,20-21,24,26,28-30,68H,4-11,13-14,16,18-19,22-23,25,27,31-67H2,1-3H3/b15-12-,20-17-,24-21-,28-26-,30-29-. The van der Waals surface area contributed by atoms with Crippen LogP contribution in [0.25, 0.3) is 0 Å². The van der Waals surface area contributed by atoms with Gasteiger partial charge in [-0.05, 0) is 103 Å². The highest BCUT2D eigenvalue weighted by atomic mass is 16.6. The van der Waals surface area contributed by atoms with Crippen LogP contribution in [0.1, 0.15) is 355 Å². The lowest BCUT2D eigenvalue weighted by atomic mass is 10.0. The number of unbranched alkanes of at least 4 members (excludes halogenated alkanes) is 41. The second-order valence-corrected chi connectivity index (χ2v) is 22.7. The number of carbonyl (C=O) groups is 3. The molecule has 6 heteroatoms. The Morgan fingerprint density at radius 3 is 0.805 bits per heavy atom. The van der Waals surface area contributed by atoms with Crippen molar-refractivity contribution in [2.45, 2.75) is 361 Å². The molecular formula is C71H128O6. The average Bonchev–Trinajstić information content (AvgIpc) is 3.43. The fourth-order valence-corrected chi connectivity index (χ4v) is 9.86. The first-order chi connectivity index (χ1) is 38.0. The summed E-state index contributed by atoms with van der Waals surface area (Å²) in [6, 6.07) is 0. The molecule has 0 saturated carbocycles. The number of hydrogen-bond donors (Lipinski definition) is 0. The van der Waals surface area contributed by atoms with Crippen LogP contribution in [0.2, 0.25) is 0 Å². The predicted octanol–water partition coefficient (Wildman–Crippen LogP) is 23.1. The lowest BCUT2D eigenvalue weighted by Gasteiger charge is -2.18. The molecule has 0 aromatic heterocycles. The van der Waals surface area contributed by atoms with Crippen molar-refractivity contribution < 1.29 is 28.6 Å². The molecule has 77 heavy (non-hydrogen) atoms. The maximum atomic E-state index is 12.9. The van der Waals surface area contributed by atoms with E-state index in [4.69, 9.17) is 14.2 Å². The van der Waals surface area contributed by atoms with E-state index in [9.17, 15) is 14.4 Å². The minimum atomic E-state index is -0.784. The van der Waals surface area contributed by atoms with Gasteiger partial charge in [-0.1, -0.05) is 293 Å². The number of esters is 3. The fourth-order valence-electron chi connectivity index (χ4n) is 9.86. The Morgan fingerprint density at radius 2 is 0.494 bits per heavy atom. The van der Waals surface area contributed by atoms with Crippen molar-refractivity contribution in [3.05, 3.63) is 60.8 Å². The van der Waals surface area contributed by atoms with Gasteiger partial charge in [-0.2, -0.15) is 0 Å². The number of allylic oxidation sites excluding steroid dienone is 10. The Hall–Kier alpha value is -2.89. The summed E-state index contributed by atoms with van der Waals surface area (Å²) >= 11 is 0. The van der Waals surface area contributed by atoms with E-state index in [1.807, 2.05) is 0 Å². The summed E-state index contributed by atoms with van der Waals surface area (Å²) in [6.07, 6.45) is 83.9. The molecule has 0 radical (unpaired) electrons. The molecule has 0 aromatic carbocycles. The van der Waals surface area contributed by atoms with Crippen molar-refractivity contribution in [1.82, 2.24) is 0 Å². The van der Waals surface area contributed by atoms with Crippen molar-refractivity contribution in [3.63, 3.8) is 0 Å². The Balaban J connectivity index is 4.20. The quantitative estimate of drug-likeness (QED) is 0.0261. The summed E-state index contributed by atoms with van der Waals surface area (Å²) in [5.74, 6) is -0.884. The van der Waals surface area contributed by atoms with Crippen LogP contribution in [0.5, 0.6) is 0 Å². The largest absolute Gasteiger partial charge is 0.462 e. The normalized spacial score (nSPS) is 12.4. The number of ether oxygens (including phenoxy) is 3. The predicted molar refractivity (Wildman–Crippen MR) is 335 cm³/mol. The Kier molecular flexibility index (Phi) is 63.2. The van der Waals surface area contributed by atoms with E-state index >= 15 is 0 Å². The molecule has 0 heterocycles. The maximum absolute atomic E-state index is 12.9. The van der Waals surface area contributed by atoms with Gasteiger partial charge in [-0.3, -0.25) is 14.4 Å². The highest BCUT2D eigenvalue weighted by Gasteiger charge is 2.19. The van der Waals surface area contributed by atoms with E-state index in [1.165, 1.54) is 218 Å². The van der Waals surface area contributed by atoms with Crippen LogP contribution in [0.4, 0.5) is 0 Å². The third kappa shape index (κ3) is 63.8. The molecule has 0 rings (SSSR count). The monoisotopic (exact) mass is 1080 g/mol. The van der Waals surface area contributed by atoms with Crippen molar-refractivity contribution in [2.75, 3.05) is 13.2 Å². The van der Waals surface area contributed by atoms with Gasteiger partial charge in [0.15, 0.2) is 6.10 Å². The molecule has 0 aliphatic heterocycles. The zero-order valence-corrected chi connectivity index (χ0v) is 51.5. The smallest absolute Gasteiger partial charge is 0.306 e. The summed E-state index contributed by atoms with van der Waals surface area (Å²) in [4.78, 5) is 38.3. The highest BCUT2D eigenvalue weighted by molar-refractivity contribution is 5.71. The lowest BCUT2D eigenvalue weighted by molar-refractivity contribution is -0.167. The van der Waals surface area contributed by atoms with Gasteiger partial charge in [0.25, 0.3) is 0 Å². The SMILES string of the molecule is CCC/C=C\C/C=C\CCCCCCCC(=O)OCC(COC(=O)CCCCCCCCCCCCCCCCCCC/C=C\CCCCCCCCCC)OC(=O)CCCCCCCCC/C=C\C/C=C\CCCCC. The van der Waals surface area contributed by atoms with Crippen LogP contribution in [-0.2, 0) is 28.6 Å². The molecule has 1 unspecified atom stereocenters. The highest BCUT2D eigenvalue weighted by Crippen LogP contribution is 2.17. The summed E-state index contributed by atoms with van der Waals surface area (Å²) in [7, 11) is 0. The van der Waals surface area contributed by atoms with Gasteiger partial charge in [0.2, 0.25) is 0 Å². The second-order valence-electron chi connectivity index (χ2n) is 22.7. The van der Waals surface area contributed by atoms with Crippen molar-refractivity contribution in [3.8, 4) is 0 Å². The van der Waals surface area contributed by atoms with Gasteiger partial charge in [0.05, 0.1) is 0 Å². The Labute approximate surface area is 479 Å². The van der Waals surface area contributed by atoms with E-state index < -0.39 is 6.10 Å². The Morgan fingerprint density at radius 1 is 0.260 bits per heavy atom. The minimum absolute atomic E-state index is 0.0794. The van der Waals surface area contributed by atoms with Crippen LogP contribution in [0.15, 0.2) is 60.8 Å². The summed E-state index contributed by atoms with van der Waals surface area (Å²) in [5, 5.41) is 0. The van der Waals surface area contributed by atoms with E-state index in [2.05, 4.69) is 81.5 Å². The van der Waals surface area contributed by atoms with Crippen LogP contribution in [0.3, 0.4) is 0 Å². The summed E-state index contributed by atoms with van der Waals surface area (Å²) < 4.78 is 16.9. The molecular weight excluding hydrogens is 949 g/mol. The molecule has 1 atom stereocenters. The first-order valence-corrected chi connectivity index (χ1v) is 33.8. The van der Waals surface area contributed by atoms with Gasteiger partial charge in [-0.15, -0.1) is 0 Å². The van der Waals surface area contributed by atoms with Gasteiger partial charge in [-0.25, -0.2) is 0 Å². The average molecular weight is 1080 g/mol. The maximum Gasteiger partial charge on any atom is 0.306 e. The van der Waals surface area contributed by atoms with Gasteiger partial charge in [0, 0.05) is 19.3 Å². The van der Waals surface area contributed by atoms with E-state index in [-0.39, 0.29) is 31.1 Å². The molecule has 0 fully saturated rings. The molecule has 0 bridgehead atoms. The van der Waals surface area contributed by atoms with Crippen LogP contribution in [-0.4, -0.2) is 37.2 Å². The number of carbonyl (C=O) groups excluding carboxylic acids is 3. The number of hydrogen-bond acceptors (Lipinski definition) is 6. The van der Waals surface area contributed by atoms with Crippen molar-refractivity contribution in [1.29, 1.82) is 0 Å². The summed E-state index contributed by atoms with van der Waals surface area (Å²) in [6.45, 7) is 6.58. The molecule has 0 aliphatic rings.